The van der Waals surface area contributed by atoms with E-state index in [1.54, 1.807) is 0 Å². The van der Waals surface area contributed by atoms with E-state index in [9.17, 15) is 0 Å². The first kappa shape index (κ1) is 13.1. The summed E-state index contributed by atoms with van der Waals surface area (Å²) in [5.74, 6) is 0. The Kier molecular flexibility index (Phi) is 4.60. The van der Waals surface area contributed by atoms with Crippen molar-refractivity contribution in [3.05, 3.63) is 22.4 Å². The topological polar surface area (TPSA) is 29.3 Å². The minimum Gasteiger partial charge on any atom is -0.326 e. The van der Waals surface area contributed by atoms with Crippen molar-refractivity contribution in [3.63, 3.8) is 0 Å². The van der Waals surface area contributed by atoms with Gasteiger partial charge >= 0.3 is 0 Å². The molecule has 1 saturated carbocycles. The minimum atomic E-state index is 0.195. The van der Waals surface area contributed by atoms with E-state index in [4.69, 9.17) is 5.73 Å². The second-order valence-corrected chi connectivity index (χ2v) is 6.26. The molecule has 0 bridgehead atoms. The molecule has 2 rings (SSSR count). The average molecular weight is 252 g/mol. The zero-order chi connectivity index (χ0) is 12.3. The molecule has 1 aliphatic carbocycles. The maximum atomic E-state index is 6.20. The third kappa shape index (κ3) is 3.09. The molecule has 2 unspecified atom stereocenters. The van der Waals surface area contributed by atoms with Gasteiger partial charge in [-0.25, -0.2) is 0 Å². The first-order chi connectivity index (χ1) is 8.20. The van der Waals surface area contributed by atoms with Gasteiger partial charge in [-0.3, -0.25) is 4.90 Å². The van der Waals surface area contributed by atoms with E-state index in [0.29, 0.717) is 6.04 Å². The van der Waals surface area contributed by atoms with Gasteiger partial charge in [0.15, 0.2) is 0 Å². The van der Waals surface area contributed by atoms with Crippen molar-refractivity contribution in [1.82, 2.24) is 4.90 Å². The van der Waals surface area contributed by atoms with E-state index < -0.39 is 0 Å². The molecule has 2 N–H and O–H groups in total. The smallest absolute Gasteiger partial charge is 0.0590 e. The Hall–Kier alpha value is -0.380. The Labute approximate surface area is 109 Å². The van der Waals surface area contributed by atoms with Crippen LogP contribution in [0, 0.1) is 0 Å². The van der Waals surface area contributed by atoms with Crippen LogP contribution in [0.25, 0.3) is 0 Å². The Bertz CT molecular complexity index is 315. The summed E-state index contributed by atoms with van der Waals surface area (Å²) in [7, 11) is 2.25. The van der Waals surface area contributed by atoms with E-state index in [2.05, 4.69) is 36.4 Å². The van der Waals surface area contributed by atoms with E-state index in [0.717, 1.165) is 6.04 Å². The molecule has 3 heteroatoms. The summed E-state index contributed by atoms with van der Waals surface area (Å²) in [6.45, 7) is 2.13. The SMILES string of the molecule is CC(N)C(c1cccs1)N(C)C1CCCCC1. The summed E-state index contributed by atoms with van der Waals surface area (Å²) in [5, 5.41) is 2.15. The molecular formula is C14H24N2S. The minimum absolute atomic E-state index is 0.195. The molecule has 0 radical (unpaired) electrons. The number of nitrogens with two attached hydrogens (primary N) is 1. The van der Waals surface area contributed by atoms with Crippen molar-refractivity contribution in [1.29, 1.82) is 0 Å². The number of nitrogens with zero attached hydrogens (tertiary/aromatic N) is 1. The van der Waals surface area contributed by atoms with Gasteiger partial charge in [0, 0.05) is 17.0 Å². The van der Waals surface area contributed by atoms with E-state index >= 15 is 0 Å². The number of thiophene rings is 1. The Morgan fingerprint density at radius 3 is 2.59 bits per heavy atom. The van der Waals surface area contributed by atoms with E-state index in [-0.39, 0.29) is 6.04 Å². The lowest BCUT2D eigenvalue weighted by Crippen LogP contribution is -2.43. The summed E-state index contributed by atoms with van der Waals surface area (Å²) in [6.07, 6.45) is 6.85. The van der Waals surface area contributed by atoms with Gasteiger partial charge in [0.05, 0.1) is 6.04 Å². The predicted molar refractivity (Wildman–Crippen MR) is 75.3 cm³/mol. The maximum Gasteiger partial charge on any atom is 0.0590 e. The van der Waals surface area contributed by atoms with E-state index in [1.807, 2.05) is 11.3 Å². The van der Waals surface area contributed by atoms with Crippen LogP contribution in [0.3, 0.4) is 0 Å². The lowest BCUT2D eigenvalue weighted by atomic mass is 9.92. The van der Waals surface area contributed by atoms with Gasteiger partial charge in [-0.05, 0) is 38.3 Å². The first-order valence-electron chi connectivity index (χ1n) is 6.71. The van der Waals surface area contributed by atoms with Crippen LogP contribution in [-0.2, 0) is 0 Å². The van der Waals surface area contributed by atoms with Crippen LogP contribution in [0.5, 0.6) is 0 Å². The highest BCUT2D eigenvalue weighted by atomic mass is 32.1. The second kappa shape index (κ2) is 5.98. The molecule has 2 nitrogen and oxygen atoms in total. The highest BCUT2D eigenvalue weighted by Gasteiger charge is 2.28. The van der Waals surface area contributed by atoms with Gasteiger partial charge in [-0.1, -0.05) is 25.3 Å². The van der Waals surface area contributed by atoms with Crippen molar-refractivity contribution < 1.29 is 0 Å². The first-order valence-corrected chi connectivity index (χ1v) is 7.59. The Morgan fingerprint density at radius 1 is 1.35 bits per heavy atom. The van der Waals surface area contributed by atoms with Crippen LogP contribution in [0.2, 0.25) is 0 Å². The predicted octanol–water partition coefficient (Wildman–Crippen LogP) is 3.40. The molecule has 1 fully saturated rings. The summed E-state index contributed by atoms with van der Waals surface area (Å²) in [6, 6.07) is 5.66. The van der Waals surface area contributed by atoms with Gasteiger partial charge in [-0.2, -0.15) is 0 Å². The third-order valence-corrected chi connectivity index (χ3v) is 4.87. The Morgan fingerprint density at radius 2 is 2.06 bits per heavy atom. The van der Waals surface area contributed by atoms with Crippen LogP contribution in [0.1, 0.15) is 49.9 Å². The molecule has 1 aliphatic rings. The van der Waals surface area contributed by atoms with E-state index in [1.165, 1.54) is 37.0 Å². The zero-order valence-electron chi connectivity index (χ0n) is 10.9. The lowest BCUT2D eigenvalue weighted by molar-refractivity contribution is 0.125. The van der Waals surface area contributed by atoms with Crippen LogP contribution in [0.4, 0.5) is 0 Å². The summed E-state index contributed by atoms with van der Waals surface area (Å²) >= 11 is 1.83. The van der Waals surface area contributed by atoms with Crippen molar-refractivity contribution in [2.24, 2.45) is 5.73 Å². The molecule has 2 atom stereocenters. The molecule has 0 aromatic carbocycles. The fourth-order valence-corrected chi connectivity index (χ4v) is 4.00. The summed E-state index contributed by atoms with van der Waals surface area (Å²) in [5.41, 5.74) is 6.20. The number of likely N-dealkylation sites (N-methyl/N-ethyl adjacent to an activating group) is 1. The normalized spacial score (nSPS) is 21.6. The fraction of sp³-hybridized carbons (Fsp3) is 0.714. The van der Waals surface area contributed by atoms with Crippen molar-refractivity contribution >= 4 is 11.3 Å². The molecule has 0 aliphatic heterocycles. The molecule has 1 heterocycles. The van der Waals surface area contributed by atoms with Crippen LogP contribution in [-0.4, -0.2) is 24.0 Å². The monoisotopic (exact) mass is 252 g/mol. The molecule has 17 heavy (non-hydrogen) atoms. The third-order valence-electron chi connectivity index (χ3n) is 3.92. The number of hydrogen-bond donors (Lipinski definition) is 1. The van der Waals surface area contributed by atoms with Gasteiger partial charge in [0.2, 0.25) is 0 Å². The van der Waals surface area contributed by atoms with Crippen LogP contribution < -0.4 is 5.73 Å². The van der Waals surface area contributed by atoms with Gasteiger partial charge in [-0.15, -0.1) is 11.3 Å². The standard InChI is InChI=1S/C14H24N2S/c1-11(15)14(13-9-6-10-17-13)16(2)12-7-4-3-5-8-12/h6,9-12,14H,3-5,7-8,15H2,1-2H3. The second-order valence-electron chi connectivity index (χ2n) is 5.28. The molecule has 0 saturated heterocycles. The molecule has 0 amide bonds. The highest BCUT2D eigenvalue weighted by Crippen LogP contribution is 2.32. The van der Waals surface area contributed by atoms with Gasteiger partial charge < -0.3 is 5.73 Å². The molecule has 1 aromatic rings. The van der Waals surface area contributed by atoms with Crippen molar-refractivity contribution in [2.45, 2.75) is 57.2 Å². The number of hydrogen-bond acceptors (Lipinski definition) is 3. The molecular weight excluding hydrogens is 228 g/mol. The fourth-order valence-electron chi connectivity index (χ4n) is 3.01. The van der Waals surface area contributed by atoms with Crippen molar-refractivity contribution in [3.8, 4) is 0 Å². The lowest BCUT2D eigenvalue weighted by Gasteiger charge is -2.38. The van der Waals surface area contributed by atoms with Gasteiger partial charge in [0.25, 0.3) is 0 Å². The summed E-state index contributed by atoms with van der Waals surface area (Å²) in [4.78, 5) is 3.93. The summed E-state index contributed by atoms with van der Waals surface area (Å²) < 4.78 is 0. The molecule has 1 aromatic heterocycles. The molecule has 0 spiro atoms. The average Bonchev–Trinajstić information content (AvgIpc) is 2.83. The van der Waals surface area contributed by atoms with Crippen LogP contribution >= 0.6 is 11.3 Å². The maximum absolute atomic E-state index is 6.20. The largest absolute Gasteiger partial charge is 0.326 e. The number of rotatable bonds is 4. The van der Waals surface area contributed by atoms with Crippen molar-refractivity contribution in [2.75, 3.05) is 7.05 Å². The zero-order valence-corrected chi connectivity index (χ0v) is 11.7. The quantitative estimate of drug-likeness (QED) is 0.890. The van der Waals surface area contributed by atoms with Crippen LogP contribution in [0.15, 0.2) is 17.5 Å². The molecule has 96 valence electrons. The van der Waals surface area contributed by atoms with Gasteiger partial charge in [0.1, 0.15) is 0 Å². The highest BCUT2D eigenvalue weighted by molar-refractivity contribution is 7.10. The Balaban J connectivity index is 2.10.